The highest BCUT2D eigenvalue weighted by molar-refractivity contribution is 6.75. The summed E-state index contributed by atoms with van der Waals surface area (Å²) in [4.78, 5) is 27.1. The molecule has 7 nitrogen and oxygen atoms in total. The maximum Gasteiger partial charge on any atom is 0.303 e. The van der Waals surface area contributed by atoms with Crippen LogP contribution in [-0.2, 0) is 27.6 Å². The first-order valence-corrected chi connectivity index (χ1v) is 39.5. The van der Waals surface area contributed by atoms with Crippen LogP contribution >= 0.6 is 0 Å². The Hall–Kier alpha value is -0.789. The molecule has 0 aliphatic heterocycles. The van der Waals surface area contributed by atoms with Gasteiger partial charge in [-0.2, -0.15) is 0 Å². The summed E-state index contributed by atoms with van der Waals surface area (Å²) in [5, 5.41) is 3.40. The first kappa shape index (κ1) is 71.2. The zero-order valence-electron chi connectivity index (χ0n) is 51.7. The molecule has 0 heterocycles. The zero-order valence-corrected chi connectivity index (χ0v) is 54.7. The number of hydrogen-bond acceptors (Lipinski definition) is 6. The molecule has 0 fully saturated rings. The first-order valence-electron chi connectivity index (χ1n) is 30.8. The Balaban J connectivity index is 6.02. The van der Waals surface area contributed by atoms with E-state index in [1.807, 2.05) is 0 Å². The first-order chi connectivity index (χ1) is 33.6. The molecule has 0 aromatic heterocycles. The van der Waals surface area contributed by atoms with Gasteiger partial charge in [0.15, 0.2) is 31.1 Å². The molecule has 4 atom stereocenters. The number of rotatable bonds is 45. The fourth-order valence-electron chi connectivity index (χ4n) is 8.63. The predicted molar refractivity (Wildman–Crippen MR) is 323 cm³/mol. The average molecular weight is 1070 g/mol. The van der Waals surface area contributed by atoms with Crippen molar-refractivity contribution in [1.29, 1.82) is 0 Å². The van der Waals surface area contributed by atoms with Gasteiger partial charge in [0.1, 0.15) is 0 Å². The molecule has 0 aromatic carbocycles. The van der Waals surface area contributed by atoms with Crippen molar-refractivity contribution in [2.24, 2.45) is 0 Å². The second kappa shape index (κ2) is 38.7. The summed E-state index contributed by atoms with van der Waals surface area (Å²) in [5.74, 6) is -0.688. The summed E-state index contributed by atoms with van der Waals surface area (Å²) >= 11 is 0. The van der Waals surface area contributed by atoms with Gasteiger partial charge in [0.05, 0.1) is 24.9 Å². The van der Waals surface area contributed by atoms with Gasteiger partial charge in [-0.3, -0.25) is 9.59 Å². The fraction of sp³-hybridized carbons (Fsp3) is 0.935. The Morgan fingerprint density at radius 2 is 0.764 bits per heavy atom. The number of amides is 1. The summed E-state index contributed by atoms with van der Waals surface area (Å²) in [7, 11) is -6.73. The molecule has 0 radical (unpaired) electrons. The van der Waals surface area contributed by atoms with Crippen molar-refractivity contribution in [3.63, 3.8) is 0 Å². The number of unbranched alkanes of at least 4 members (excludes halogenated alkanes) is 28. The van der Waals surface area contributed by atoms with Crippen LogP contribution in [0.15, 0.2) is 12.2 Å². The van der Waals surface area contributed by atoms with E-state index in [0.717, 1.165) is 32.1 Å². The molecule has 0 bridgehead atoms. The normalized spacial score (nSPS) is 15.0. The molecule has 0 spiro atoms. The van der Waals surface area contributed by atoms with Crippen molar-refractivity contribution in [2.75, 3.05) is 6.61 Å². The van der Waals surface area contributed by atoms with E-state index in [2.05, 4.69) is 133 Å². The Kier molecular flexibility index (Phi) is 38.3. The van der Waals surface area contributed by atoms with Gasteiger partial charge in [0.2, 0.25) is 0 Å². The Morgan fingerprint density at radius 3 is 1.10 bits per heavy atom. The van der Waals surface area contributed by atoms with Gasteiger partial charge in [0, 0.05) is 6.92 Å². The third-order valence-corrected chi connectivity index (χ3v) is 30.4. The van der Waals surface area contributed by atoms with Crippen molar-refractivity contribution < 1.29 is 27.6 Å². The van der Waals surface area contributed by atoms with Crippen LogP contribution in [0.5, 0.6) is 0 Å². The van der Waals surface area contributed by atoms with Gasteiger partial charge < -0.3 is 23.3 Å². The van der Waals surface area contributed by atoms with Gasteiger partial charge in [-0.25, -0.2) is 0 Å². The molecule has 1 amide bonds. The van der Waals surface area contributed by atoms with Gasteiger partial charge in [-0.05, 0) is 73.7 Å². The highest BCUT2D eigenvalue weighted by Crippen LogP contribution is 2.40. The summed E-state index contributed by atoms with van der Waals surface area (Å²) < 4.78 is 27.4. The molecule has 0 aliphatic carbocycles. The van der Waals surface area contributed by atoms with Crippen LogP contribution in [0.1, 0.15) is 289 Å². The molecule has 0 unspecified atom stereocenters. The van der Waals surface area contributed by atoms with Crippen LogP contribution < -0.4 is 5.32 Å². The summed E-state index contributed by atoms with van der Waals surface area (Å²) in [5.41, 5.74) is 0. The van der Waals surface area contributed by atoms with Crippen molar-refractivity contribution in [1.82, 2.24) is 5.32 Å². The number of hydrogen-bond donors (Lipinski definition) is 1. The Labute approximate surface area is 453 Å². The standard InChI is InChI=1S/C62H127NO6Si3/c1-19-21-23-25-27-29-31-32-33-34-35-36-37-38-39-40-42-44-46-48-50-58(67-54(3)64)59(65)63-56(53-66-70(13,14)60(4,5)6)57(69-72(17,18)62(10,11)12)52-51-55(68-71(15,16)61(7,8)9)49-47-45-43-41-30-28-26-24-22-20-2/h51-52,55-58H,19-50,53H2,1-18H3,(H,63,65)/b52-51+/t55-,56+,57-,58-/m1/s1. The molecule has 10 heteroatoms. The van der Waals surface area contributed by atoms with E-state index >= 15 is 0 Å². The van der Waals surface area contributed by atoms with Crippen LogP contribution in [0.4, 0.5) is 0 Å². The minimum absolute atomic E-state index is 0.0171. The molecular formula is C62H127NO6Si3. The van der Waals surface area contributed by atoms with Crippen LogP contribution in [0, 0.1) is 0 Å². The molecule has 72 heavy (non-hydrogen) atoms. The van der Waals surface area contributed by atoms with E-state index in [1.54, 1.807) is 0 Å². The lowest BCUT2D eigenvalue weighted by Gasteiger charge is -2.42. The molecule has 1 N–H and O–H groups in total. The summed E-state index contributed by atoms with van der Waals surface area (Å²) in [6.07, 6.45) is 43.9. The smallest absolute Gasteiger partial charge is 0.303 e. The van der Waals surface area contributed by atoms with E-state index in [4.69, 9.17) is 18.0 Å². The zero-order chi connectivity index (χ0) is 54.7. The van der Waals surface area contributed by atoms with E-state index < -0.39 is 49.2 Å². The molecule has 0 saturated heterocycles. The van der Waals surface area contributed by atoms with Crippen molar-refractivity contribution >= 4 is 36.8 Å². The maximum absolute atomic E-state index is 14.5. The van der Waals surface area contributed by atoms with Crippen molar-refractivity contribution in [3.8, 4) is 0 Å². The van der Waals surface area contributed by atoms with Crippen LogP contribution in [-0.4, -0.2) is 67.8 Å². The lowest BCUT2D eigenvalue weighted by atomic mass is 10.0. The summed E-state index contributed by atoms with van der Waals surface area (Å²) in [6.45, 7) is 40.6. The predicted octanol–water partition coefficient (Wildman–Crippen LogP) is 20.3. The van der Waals surface area contributed by atoms with Gasteiger partial charge in [-0.15, -0.1) is 0 Å². The lowest BCUT2D eigenvalue weighted by Crippen LogP contribution is -2.56. The van der Waals surface area contributed by atoms with Gasteiger partial charge in [0.25, 0.3) is 5.91 Å². The average Bonchev–Trinajstić information content (AvgIpc) is 3.27. The molecule has 0 rings (SSSR count). The van der Waals surface area contributed by atoms with Crippen LogP contribution in [0.3, 0.4) is 0 Å². The third-order valence-electron chi connectivity index (χ3n) is 16.9. The monoisotopic (exact) mass is 1070 g/mol. The molecule has 0 aromatic rings. The van der Waals surface area contributed by atoms with E-state index in [9.17, 15) is 9.59 Å². The quantitative estimate of drug-likeness (QED) is 0.0283. The van der Waals surface area contributed by atoms with Crippen molar-refractivity contribution in [2.45, 2.75) is 367 Å². The molecular weight excluding hydrogens is 939 g/mol. The van der Waals surface area contributed by atoms with E-state index in [-0.39, 0.29) is 27.1 Å². The van der Waals surface area contributed by atoms with E-state index in [0.29, 0.717) is 13.0 Å². The Bertz CT molecular complexity index is 1380. The largest absolute Gasteiger partial charge is 0.452 e. The highest BCUT2D eigenvalue weighted by atomic mass is 28.4. The topological polar surface area (TPSA) is 83.1 Å². The molecule has 0 saturated carbocycles. The van der Waals surface area contributed by atoms with Crippen molar-refractivity contribution in [3.05, 3.63) is 12.2 Å². The second-order valence-electron chi connectivity index (χ2n) is 26.9. The SMILES string of the molecule is CCCCCCCCCCCCCCCCCCCCCC[C@@H](OC(C)=O)C(=O)N[C@@H](CO[Si](C)(C)C(C)(C)C)[C@@H](/C=C/[C@@H](CCCCCCCCCCCC)O[Si](C)(C)C(C)(C)C)O[Si](C)(C)C(C)(C)C. The Morgan fingerprint density at radius 1 is 0.444 bits per heavy atom. The summed E-state index contributed by atoms with van der Waals surface area (Å²) in [6, 6.07) is -0.490. The molecule has 0 aliphatic rings. The number of carbonyl (C=O) groups is 2. The highest BCUT2D eigenvalue weighted by Gasteiger charge is 2.43. The lowest BCUT2D eigenvalue weighted by molar-refractivity contribution is -0.154. The van der Waals surface area contributed by atoms with E-state index in [1.165, 1.54) is 174 Å². The van der Waals surface area contributed by atoms with Crippen LogP contribution in [0.25, 0.3) is 0 Å². The number of ether oxygens (including phenoxy) is 1. The van der Waals surface area contributed by atoms with Gasteiger partial charge >= 0.3 is 5.97 Å². The minimum atomic E-state index is -2.37. The number of nitrogens with one attached hydrogen (secondary N) is 1. The number of carbonyl (C=O) groups excluding carboxylic acids is 2. The van der Waals surface area contributed by atoms with Crippen LogP contribution in [0.2, 0.25) is 54.4 Å². The third kappa shape index (κ3) is 34.1. The number of esters is 1. The maximum atomic E-state index is 14.5. The van der Waals surface area contributed by atoms with Gasteiger partial charge in [-0.1, -0.05) is 275 Å². The molecule has 428 valence electrons. The second-order valence-corrected chi connectivity index (χ2v) is 41.2. The fourth-order valence-corrected chi connectivity index (χ4v) is 12.2. The minimum Gasteiger partial charge on any atom is -0.452 e.